The highest BCUT2D eigenvalue weighted by Gasteiger charge is 2.47. The summed E-state index contributed by atoms with van der Waals surface area (Å²) in [5, 5.41) is 9.53. The van der Waals surface area contributed by atoms with Crippen LogP contribution in [-0.2, 0) is 0 Å². The van der Waals surface area contributed by atoms with E-state index in [1.807, 2.05) is 6.07 Å². The van der Waals surface area contributed by atoms with E-state index >= 15 is 0 Å². The molecule has 0 spiro atoms. The number of fused-ring (bicyclic) bond motifs is 2. The van der Waals surface area contributed by atoms with E-state index in [2.05, 4.69) is 43.0 Å². The fraction of sp³-hybridized carbons (Fsp3) is 0.375. The van der Waals surface area contributed by atoms with Gasteiger partial charge in [0.2, 0.25) is 0 Å². The summed E-state index contributed by atoms with van der Waals surface area (Å²) in [6.45, 7) is 4.55. The van der Waals surface area contributed by atoms with Gasteiger partial charge in [-0.3, -0.25) is 0 Å². The first-order chi connectivity index (χ1) is 8.24. The van der Waals surface area contributed by atoms with Crippen LogP contribution in [0.3, 0.4) is 0 Å². The number of hydrogen-bond donors (Lipinski definition) is 1. The van der Waals surface area contributed by atoms with Gasteiger partial charge in [0.15, 0.2) is 0 Å². The highest BCUT2D eigenvalue weighted by molar-refractivity contribution is 5.66. The van der Waals surface area contributed by atoms with Crippen molar-refractivity contribution >= 4 is 5.57 Å². The molecule has 1 nitrogen and oxygen atoms in total. The molecule has 0 saturated heterocycles. The quantitative estimate of drug-likeness (QED) is 0.784. The first-order valence-electron chi connectivity index (χ1n) is 6.28. The molecule has 0 heterocycles. The lowest BCUT2D eigenvalue weighted by Gasteiger charge is -2.25. The van der Waals surface area contributed by atoms with Crippen LogP contribution in [-0.4, -0.2) is 11.7 Å². The Kier molecular flexibility index (Phi) is 2.44. The monoisotopic (exact) mass is 226 g/mol. The van der Waals surface area contributed by atoms with Gasteiger partial charge in [-0.2, -0.15) is 0 Å². The molecule has 1 fully saturated rings. The van der Waals surface area contributed by atoms with Crippen LogP contribution < -0.4 is 0 Å². The van der Waals surface area contributed by atoms with Crippen LogP contribution in [0, 0.1) is 17.3 Å². The molecule has 1 heteroatoms. The van der Waals surface area contributed by atoms with Crippen molar-refractivity contribution in [1.29, 1.82) is 0 Å². The Bertz CT molecular complexity index is 460. The largest absolute Gasteiger partial charge is 0.395 e. The molecule has 3 unspecified atom stereocenters. The predicted molar refractivity (Wildman–Crippen MR) is 70.3 cm³/mol. The lowest BCUT2D eigenvalue weighted by atomic mass is 9.80. The van der Waals surface area contributed by atoms with Crippen molar-refractivity contribution in [2.24, 2.45) is 17.3 Å². The second-order valence-electron chi connectivity index (χ2n) is 5.45. The van der Waals surface area contributed by atoms with Crippen LogP contribution in [0.15, 0.2) is 49.1 Å². The minimum atomic E-state index is 0.0487. The third-order valence-electron chi connectivity index (χ3n) is 4.39. The van der Waals surface area contributed by atoms with Gasteiger partial charge in [0, 0.05) is 5.41 Å². The number of hydrogen-bond acceptors (Lipinski definition) is 1. The summed E-state index contributed by atoms with van der Waals surface area (Å²) in [6, 6.07) is 10.4. The van der Waals surface area contributed by atoms with Crippen molar-refractivity contribution in [3.05, 3.63) is 54.6 Å². The molecule has 2 bridgehead atoms. The van der Waals surface area contributed by atoms with Crippen molar-refractivity contribution in [3.8, 4) is 0 Å². The molecule has 1 N–H and O–H groups in total. The van der Waals surface area contributed by atoms with Crippen LogP contribution in [0.1, 0.15) is 18.4 Å². The Balaban J connectivity index is 1.84. The number of rotatable bonds is 3. The molecule has 1 aromatic rings. The predicted octanol–water partition coefficient (Wildman–Crippen LogP) is 3.27. The minimum absolute atomic E-state index is 0.0487. The van der Waals surface area contributed by atoms with Gasteiger partial charge in [0.05, 0.1) is 6.61 Å². The van der Waals surface area contributed by atoms with Crippen molar-refractivity contribution in [1.82, 2.24) is 0 Å². The van der Waals surface area contributed by atoms with Gasteiger partial charge in [-0.05, 0) is 35.8 Å². The summed E-state index contributed by atoms with van der Waals surface area (Å²) < 4.78 is 0. The maximum atomic E-state index is 9.53. The van der Waals surface area contributed by atoms with Crippen molar-refractivity contribution in [3.63, 3.8) is 0 Å². The van der Waals surface area contributed by atoms with Crippen LogP contribution in [0.4, 0.5) is 0 Å². The van der Waals surface area contributed by atoms with E-state index < -0.39 is 0 Å². The lowest BCUT2D eigenvalue weighted by Crippen LogP contribution is -2.19. The molecule has 17 heavy (non-hydrogen) atoms. The average molecular weight is 226 g/mol. The second-order valence-corrected chi connectivity index (χ2v) is 5.45. The van der Waals surface area contributed by atoms with Crippen molar-refractivity contribution in [2.75, 3.05) is 6.61 Å². The topological polar surface area (TPSA) is 20.2 Å². The Labute approximate surface area is 102 Å². The Morgan fingerprint density at radius 3 is 2.71 bits per heavy atom. The summed E-state index contributed by atoms with van der Waals surface area (Å²) >= 11 is 0. The van der Waals surface area contributed by atoms with E-state index in [0.29, 0.717) is 11.8 Å². The molecule has 2 aliphatic carbocycles. The van der Waals surface area contributed by atoms with Crippen molar-refractivity contribution in [2.45, 2.75) is 12.8 Å². The lowest BCUT2D eigenvalue weighted by molar-refractivity contribution is 0.174. The molecule has 0 aliphatic heterocycles. The molecule has 3 atom stereocenters. The number of aliphatic hydroxyl groups excluding tert-OH is 1. The maximum Gasteiger partial charge on any atom is 0.0522 e. The van der Waals surface area contributed by atoms with E-state index in [9.17, 15) is 5.11 Å². The molecule has 2 aliphatic rings. The van der Waals surface area contributed by atoms with E-state index in [4.69, 9.17) is 0 Å². The maximum absolute atomic E-state index is 9.53. The molecule has 88 valence electrons. The standard InChI is InChI=1S/C16H18O/c1-12(13-5-3-2-4-6-13)15-10-16(11-17)8-7-14(15)9-16/h2-8,14-15,17H,1,9-11H2. The summed E-state index contributed by atoms with van der Waals surface area (Å²) in [5.41, 5.74) is 2.52. The van der Waals surface area contributed by atoms with E-state index in [1.165, 1.54) is 11.1 Å². The summed E-state index contributed by atoms with van der Waals surface area (Å²) in [7, 11) is 0. The molecule has 0 radical (unpaired) electrons. The first kappa shape index (κ1) is 10.8. The summed E-state index contributed by atoms with van der Waals surface area (Å²) in [5.74, 6) is 1.09. The molecule has 0 aromatic heterocycles. The van der Waals surface area contributed by atoms with Crippen molar-refractivity contribution < 1.29 is 5.11 Å². The van der Waals surface area contributed by atoms with Gasteiger partial charge < -0.3 is 5.11 Å². The summed E-state index contributed by atoms with van der Waals surface area (Å²) in [4.78, 5) is 0. The average Bonchev–Trinajstić information content (AvgIpc) is 2.97. The number of aliphatic hydroxyl groups is 1. The Morgan fingerprint density at radius 2 is 2.06 bits per heavy atom. The summed E-state index contributed by atoms with van der Waals surface area (Å²) in [6.07, 6.45) is 6.64. The number of allylic oxidation sites excluding steroid dienone is 2. The zero-order chi connectivity index (χ0) is 11.9. The zero-order valence-corrected chi connectivity index (χ0v) is 9.97. The van der Waals surface area contributed by atoms with Crippen LogP contribution in [0.5, 0.6) is 0 Å². The Morgan fingerprint density at radius 1 is 1.29 bits per heavy atom. The van der Waals surface area contributed by atoms with Gasteiger partial charge in [0.25, 0.3) is 0 Å². The smallest absolute Gasteiger partial charge is 0.0522 e. The zero-order valence-electron chi connectivity index (χ0n) is 9.97. The second kappa shape index (κ2) is 3.85. The van der Waals surface area contributed by atoms with Gasteiger partial charge in [0.1, 0.15) is 0 Å². The van der Waals surface area contributed by atoms with Gasteiger partial charge in [-0.25, -0.2) is 0 Å². The molecular weight excluding hydrogens is 208 g/mol. The fourth-order valence-corrected chi connectivity index (χ4v) is 3.38. The third kappa shape index (κ3) is 1.66. The first-order valence-corrected chi connectivity index (χ1v) is 6.28. The van der Waals surface area contributed by atoms with E-state index in [-0.39, 0.29) is 12.0 Å². The molecule has 3 rings (SSSR count). The fourth-order valence-electron chi connectivity index (χ4n) is 3.38. The van der Waals surface area contributed by atoms with Gasteiger partial charge in [-0.1, -0.05) is 49.1 Å². The Hall–Kier alpha value is -1.34. The molecule has 1 saturated carbocycles. The third-order valence-corrected chi connectivity index (χ3v) is 4.39. The minimum Gasteiger partial charge on any atom is -0.395 e. The molecular formula is C16H18O. The van der Waals surface area contributed by atoms with Crippen LogP contribution in [0.2, 0.25) is 0 Å². The number of benzene rings is 1. The van der Waals surface area contributed by atoms with Crippen LogP contribution >= 0.6 is 0 Å². The van der Waals surface area contributed by atoms with Gasteiger partial charge >= 0.3 is 0 Å². The molecule has 1 aromatic carbocycles. The van der Waals surface area contributed by atoms with E-state index in [0.717, 1.165) is 12.8 Å². The van der Waals surface area contributed by atoms with Gasteiger partial charge in [-0.15, -0.1) is 0 Å². The SMILES string of the molecule is C=C(c1ccccc1)C1CC2(CO)C=CC1C2. The molecule has 0 amide bonds. The van der Waals surface area contributed by atoms with E-state index in [1.54, 1.807) is 0 Å². The highest BCUT2D eigenvalue weighted by atomic mass is 16.3. The highest BCUT2D eigenvalue weighted by Crippen LogP contribution is 2.55. The normalized spacial score (nSPS) is 34.2. The van der Waals surface area contributed by atoms with Crippen LogP contribution in [0.25, 0.3) is 5.57 Å².